The fourth-order valence-electron chi connectivity index (χ4n) is 2.29. The van der Waals surface area contributed by atoms with Crippen molar-refractivity contribution in [1.29, 1.82) is 0 Å². The Balaban J connectivity index is 1.72. The molecular formula is C18H18N4O. The Bertz CT molecular complexity index is 793. The van der Waals surface area contributed by atoms with Gasteiger partial charge in [-0.15, -0.1) is 5.10 Å². The molecule has 23 heavy (non-hydrogen) atoms. The van der Waals surface area contributed by atoms with Gasteiger partial charge in [-0.1, -0.05) is 53.2 Å². The SMILES string of the molecule is Cc1ccc(-n2cc(C(=O)N[C@@H](C)c3ccccc3)nn2)cc1. The van der Waals surface area contributed by atoms with Gasteiger partial charge < -0.3 is 5.32 Å². The largest absolute Gasteiger partial charge is 0.344 e. The van der Waals surface area contributed by atoms with Crippen molar-refractivity contribution >= 4 is 5.91 Å². The van der Waals surface area contributed by atoms with Crippen LogP contribution >= 0.6 is 0 Å². The number of benzene rings is 2. The Kier molecular flexibility index (Phi) is 4.19. The summed E-state index contributed by atoms with van der Waals surface area (Å²) in [4.78, 5) is 12.3. The zero-order valence-corrected chi connectivity index (χ0v) is 13.1. The predicted octanol–water partition coefficient (Wildman–Crippen LogP) is 3.07. The van der Waals surface area contributed by atoms with E-state index >= 15 is 0 Å². The number of carbonyl (C=O) groups excluding carboxylic acids is 1. The van der Waals surface area contributed by atoms with Crippen LogP contribution in [-0.2, 0) is 0 Å². The summed E-state index contributed by atoms with van der Waals surface area (Å²) in [5.41, 5.74) is 3.39. The third kappa shape index (κ3) is 3.45. The molecule has 0 saturated carbocycles. The quantitative estimate of drug-likeness (QED) is 0.806. The van der Waals surface area contributed by atoms with Crippen LogP contribution in [0, 0.1) is 6.92 Å². The summed E-state index contributed by atoms with van der Waals surface area (Å²) in [6.45, 7) is 3.96. The molecule has 116 valence electrons. The standard InChI is InChI=1S/C18H18N4O/c1-13-8-10-16(11-9-13)22-12-17(20-21-22)18(23)19-14(2)15-6-4-3-5-7-15/h3-12,14H,1-2H3,(H,19,23)/t14-/m0/s1. The Morgan fingerprint density at radius 3 is 2.48 bits per heavy atom. The van der Waals surface area contributed by atoms with Crippen molar-refractivity contribution in [2.24, 2.45) is 0 Å². The Morgan fingerprint density at radius 1 is 1.09 bits per heavy atom. The number of nitrogens with one attached hydrogen (secondary N) is 1. The lowest BCUT2D eigenvalue weighted by Gasteiger charge is -2.12. The first kappa shape index (κ1) is 15.0. The molecule has 1 amide bonds. The van der Waals surface area contributed by atoms with E-state index < -0.39 is 0 Å². The summed E-state index contributed by atoms with van der Waals surface area (Å²) in [5, 5.41) is 10.9. The molecule has 0 radical (unpaired) electrons. The third-order valence-electron chi connectivity index (χ3n) is 3.67. The topological polar surface area (TPSA) is 59.8 Å². The zero-order chi connectivity index (χ0) is 16.2. The summed E-state index contributed by atoms with van der Waals surface area (Å²) in [6, 6.07) is 17.6. The van der Waals surface area contributed by atoms with E-state index in [1.807, 2.05) is 68.4 Å². The number of hydrogen-bond acceptors (Lipinski definition) is 3. The zero-order valence-electron chi connectivity index (χ0n) is 13.1. The average molecular weight is 306 g/mol. The van der Waals surface area contributed by atoms with Gasteiger partial charge in [0.2, 0.25) is 0 Å². The molecule has 1 aromatic heterocycles. The third-order valence-corrected chi connectivity index (χ3v) is 3.67. The maximum atomic E-state index is 12.3. The number of aromatic nitrogens is 3. The van der Waals surface area contributed by atoms with Gasteiger partial charge in [0.15, 0.2) is 5.69 Å². The second kappa shape index (κ2) is 6.44. The number of hydrogen-bond donors (Lipinski definition) is 1. The maximum Gasteiger partial charge on any atom is 0.273 e. The van der Waals surface area contributed by atoms with Crippen LogP contribution in [0.2, 0.25) is 0 Å². The van der Waals surface area contributed by atoms with Crippen LogP contribution in [0.4, 0.5) is 0 Å². The molecule has 5 heteroatoms. The number of amides is 1. The van der Waals surface area contributed by atoms with E-state index in [-0.39, 0.29) is 11.9 Å². The minimum atomic E-state index is -0.236. The van der Waals surface area contributed by atoms with Gasteiger partial charge >= 0.3 is 0 Å². The van der Waals surface area contributed by atoms with Crippen molar-refractivity contribution in [2.75, 3.05) is 0 Å². The van der Waals surface area contributed by atoms with Crippen molar-refractivity contribution in [1.82, 2.24) is 20.3 Å². The number of nitrogens with zero attached hydrogens (tertiary/aromatic N) is 3. The highest BCUT2D eigenvalue weighted by molar-refractivity contribution is 5.92. The first-order valence-corrected chi connectivity index (χ1v) is 7.48. The van der Waals surface area contributed by atoms with Crippen molar-refractivity contribution in [2.45, 2.75) is 19.9 Å². The predicted molar refractivity (Wildman–Crippen MR) is 88.4 cm³/mol. The van der Waals surface area contributed by atoms with E-state index in [2.05, 4.69) is 15.6 Å². The second-order valence-corrected chi connectivity index (χ2v) is 5.49. The average Bonchev–Trinajstić information content (AvgIpc) is 3.06. The first-order chi connectivity index (χ1) is 11.1. The molecule has 3 rings (SSSR count). The van der Waals surface area contributed by atoms with Crippen molar-refractivity contribution in [3.05, 3.63) is 77.6 Å². The molecule has 1 N–H and O–H groups in total. The van der Waals surface area contributed by atoms with Gasteiger partial charge in [-0.2, -0.15) is 0 Å². The minimum absolute atomic E-state index is 0.0896. The van der Waals surface area contributed by atoms with E-state index in [0.717, 1.165) is 11.3 Å². The molecule has 0 fully saturated rings. The van der Waals surface area contributed by atoms with Gasteiger partial charge in [-0.25, -0.2) is 4.68 Å². The molecule has 0 bridgehead atoms. The first-order valence-electron chi connectivity index (χ1n) is 7.48. The van der Waals surface area contributed by atoms with E-state index in [0.29, 0.717) is 5.69 Å². The van der Waals surface area contributed by atoms with Crippen LogP contribution < -0.4 is 5.32 Å². The Morgan fingerprint density at radius 2 is 1.78 bits per heavy atom. The van der Waals surface area contributed by atoms with E-state index in [1.165, 1.54) is 5.56 Å². The molecule has 0 aliphatic rings. The molecule has 0 aliphatic heterocycles. The van der Waals surface area contributed by atoms with E-state index in [9.17, 15) is 4.79 Å². The summed E-state index contributed by atoms with van der Waals surface area (Å²) in [7, 11) is 0. The molecule has 1 atom stereocenters. The number of rotatable bonds is 4. The summed E-state index contributed by atoms with van der Waals surface area (Å²) in [5.74, 6) is -0.236. The molecule has 5 nitrogen and oxygen atoms in total. The van der Waals surface area contributed by atoms with Gasteiger partial charge in [0.05, 0.1) is 17.9 Å². The second-order valence-electron chi connectivity index (χ2n) is 5.49. The fraction of sp³-hybridized carbons (Fsp3) is 0.167. The molecule has 3 aromatic rings. The maximum absolute atomic E-state index is 12.3. The Hall–Kier alpha value is -2.95. The highest BCUT2D eigenvalue weighted by Gasteiger charge is 2.15. The monoisotopic (exact) mass is 306 g/mol. The van der Waals surface area contributed by atoms with Gasteiger partial charge in [-0.3, -0.25) is 4.79 Å². The van der Waals surface area contributed by atoms with Crippen LogP contribution in [0.15, 0.2) is 60.8 Å². The summed E-state index contributed by atoms with van der Waals surface area (Å²) < 4.78 is 1.60. The molecule has 0 saturated heterocycles. The summed E-state index contributed by atoms with van der Waals surface area (Å²) >= 11 is 0. The van der Waals surface area contributed by atoms with Crippen LogP contribution in [0.1, 0.15) is 34.6 Å². The highest BCUT2D eigenvalue weighted by Crippen LogP contribution is 2.12. The van der Waals surface area contributed by atoms with Crippen molar-refractivity contribution < 1.29 is 4.79 Å². The van der Waals surface area contributed by atoms with E-state index in [1.54, 1.807) is 10.9 Å². The van der Waals surface area contributed by atoms with Gasteiger partial charge in [0.25, 0.3) is 5.91 Å². The lowest BCUT2D eigenvalue weighted by Crippen LogP contribution is -2.26. The van der Waals surface area contributed by atoms with Crippen LogP contribution in [0.3, 0.4) is 0 Å². The van der Waals surface area contributed by atoms with Crippen LogP contribution in [0.5, 0.6) is 0 Å². The lowest BCUT2D eigenvalue weighted by atomic mass is 10.1. The Labute approximate surface area is 135 Å². The highest BCUT2D eigenvalue weighted by atomic mass is 16.2. The van der Waals surface area contributed by atoms with Gasteiger partial charge in [0, 0.05) is 0 Å². The fourth-order valence-corrected chi connectivity index (χ4v) is 2.29. The smallest absolute Gasteiger partial charge is 0.273 e. The van der Waals surface area contributed by atoms with E-state index in [4.69, 9.17) is 0 Å². The molecule has 1 heterocycles. The summed E-state index contributed by atoms with van der Waals surface area (Å²) in [6.07, 6.45) is 1.64. The number of carbonyl (C=O) groups is 1. The van der Waals surface area contributed by atoms with Crippen LogP contribution in [-0.4, -0.2) is 20.9 Å². The van der Waals surface area contributed by atoms with Gasteiger partial charge in [-0.05, 0) is 31.5 Å². The lowest BCUT2D eigenvalue weighted by molar-refractivity contribution is 0.0935. The molecule has 2 aromatic carbocycles. The van der Waals surface area contributed by atoms with Crippen LogP contribution in [0.25, 0.3) is 5.69 Å². The molecule has 0 aliphatic carbocycles. The molecule has 0 unspecified atom stereocenters. The molecule has 0 spiro atoms. The van der Waals surface area contributed by atoms with Gasteiger partial charge in [0.1, 0.15) is 0 Å². The minimum Gasteiger partial charge on any atom is -0.344 e. The normalized spacial score (nSPS) is 11.9. The van der Waals surface area contributed by atoms with Crippen molar-refractivity contribution in [3.8, 4) is 5.69 Å². The van der Waals surface area contributed by atoms with Crippen molar-refractivity contribution in [3.63, 3.8) is 0 Å². The number of aryl methyl sites for hydroxylation is 1. The molecular weight excluding hydrogens is 288 g/mol.